The van der Waals surface area contributed by atoms with Gasteiger partial charge in [0.25, 0.3) is 5.56 Å². The number of likely N-dealkylation sites (tertiary alicyclic amines) is 1. The van der Waals surface area contributed by atoms with Gasteiger partial charge in [-0.25, -0.2) is 0 Å². The van der Waals surface area contributed by atoms with E-state index in [1.165, 1.54) is 32.5 Å². The Morgan fingerprint density at radius 1 is 1.00 bits per heavy atom. The van der Waals surface area contributed by atoms with Gasteiger partial charge < -0.3 is 20.1 Å². The van der Waals surface area contributed by atoms with E-state index in [4.69, 9.17) is 0 Å². The minimum atomic E-state index is -0.0519. The number of benzene rings is 2. The Balaban J connectivity index is 1.09. The van der Waals surface area contributed by atoms with E-state index in [0.717, 1.165) is 77.0 Å². The Hall–Kier alpha value is -2.74. The number of pyridine rings is 1. The van der Waals surface area contributed by atoms with Crippen LogP contribution in [0.3, 0.4) is 0 Å². The highest BCUT2D eigenvalue weighted by Gasteiger charge is 2.25. The van der Waals surface area contributed by atoms with Gasteiger partial charge in [0.2, 0.25) is 5.91 Å². The van der Waals surface area contributed by atoms with Crippen LogP contribution in [-0.2, 0) is 11.2 Å². The van der Waals surface area contributed by atoms with Crippen molar-refractivity contribution in [2.24, 2.45) is 5.92 Å². The molecule has 2 fully saturated rings. The summed E-state index contributed by atoms with van der Waals surface area (Å²) in [7, 11) is 2.21. The van der Waals surface area contributed by atoms with Gasteiger partial charge in [-0.3, -0.25) is 14.5 Å². The van der Waals surface area contributed by atoms with Crippen LogP contribution in [0.15, 0.2) is 35.1 Å². The smallest absolute Gasteiger partial charge is 0.256 e. The number of aromatic amines is 1. The third kappa shape index (κ3) is 4.02. The van der Waals surface area contributed by atoms with Crippen molar-refractivity contribution in [1.29, 1.82) is 0 Å². The number of rotatable bonds is 5. The van der Waals surface area contributed by atoms with Gasteiger partial charge in [0.05, 0.1) is 6.54 Å². The molecule has 7 nitrogen and oxygen atoms in total. The van der Waals surface area contributed by atoms with Crippen LogP contribution in [0.5, 0.6) is 0 Å². The molecule has 3 aliphatic rings. The third-order valence-electron chi connectivity index (χ3n) is 8.03. The first-order valence-electron chi connectivity index (χ1n) is 12.6. The van der Waals surface area contributed by atoms with E-state index in [0.29, 0.717) is 6.54 Å². The zero-order valence-electron chi connectivity index (χ0n) is 19.9. The standard InChI is InChI=1S/C27H33N5O2/c1-30-9-7-18(8-10-30)16-31-11-13-32(14-12-31)17-24(33)28-22-5-6-23-26-21(22)15-19-3-2-4-20(25(19)26)27(34)29-23/h2-6,18H,7-17H2,1H3,(H,28,33)(H,29,34). The van der Waals surface area contributed by atoms with Gasteiger partial charge in [0.1, 0.15) is 0 Å². The lowest BCUT2D eigenvalue weighted by molar-refractivity contribution is -0.117. The lowest BCUT2D eigenvalue weighted by atomic mass is 9.96. The minimum Gasteiger partial charge on any atom is -0.325 e. The maximum atomic E-state index is 13.0. The van der Waals surface area contributed by atoms with Gasteiger partial charge in [0.15, 0.2) is 0 Å². The summed E-state index contributed by atoms with van der Waals surface area (Å²) in [4.78, 5) is 35.7. The third-order valence-corrected chi connectivity index (χ3v) is 8.03. The molecule has 0 spiro atoms. The van der Waals surface area contributed by atoms with E-state index in [2.05, 4.69) is 38.1 Å². The fourth-order valence-electron chi connectivity index (χ4n) is 6.08. The number of nitrogens with zero attached hydrogens (tertiary/aromatic N) is 3. The van der Waals surface area contributed by atoms with Crippen molar-refractivity contribution in [1.82, 2.24) is 19.7 Å². The van der Waals surface area contributed by atoms with Crippen molar-refractivity contribution in [3.8, 4) is 0 Å². The van der Waals surface area contributed by atoms with Crippen molar-refractivity contribution in [2.75, 3.05) is 64.7 Å². The number of nitrogens with one attached hydrogen (secondary N) is 2. The van der Waals surface area contributed by atoms with Crippen LogP contribution < -0.4 is 10.9 Å². The van der Waals surface area contributed by atoms with Crippen LogP contribution >= 0.6 is 0 Å². The molecule has 3 heterocycles. The lowest BCUT2D eigenvalue weighted by Crippen LogP contribution is -2.50. The summed E-state index contributed by atoms with van der Waals surface area (Å²) in [5, 5.41) is 6.01. The second-order valence-corrected chi connectivity index (χ2v) is 10.4. The number of carbonyl (C=O) groups excluding carboxylic acids is 1. The summed E-state index contributed by atoms with van der Waals surface area (Å²) in [6, 6.07) is 9.75. The summed E-state index contributed by atoms with van der Waals surface area (Å²) in [5.41, 5.74) is 3.92. The van der Waals surface area contributed by atoms with Gasteiger partial charge in [-0.1, -0.05) is 12.1 Å². The molecule has 34 heavy (non-hydrogen) atoms. The van der Waals surface area contributed by atoms with E-state index < -0.39 is 0 Å². The Morgan fingerprint density at radius 3 is 2.56 bits per heavy atom. The van der Waals surface area contributed by atoms with Crippen LogP contribution in [0.2, 0.25) is 0 Å². The van der Waals surface area contributed by atoms with Crippen molar-refractivity contribution < 1.29 is 4.79 Å². The van der Waals surface area contributed by atoms with Crippen LogP contribution in [0.25, 0.3) is 21.7 Å². The fourth-order valence-corrected chi connectivity index (χ4v) is 6.08. The van der Waals surface area contributed by atoms with Gasteiger partial charge in [-0.15, -0.1) is 0 Å². The Morgan fingerprint density at radius 2 is 1.76 bits per heavy atom. The van der Waals surface area contributed by atoms with Gasteiger partial charge in [0, 0.05) is 66.5 Å². The molecule has 178 valence electrons. The molecule has 1 aromatic heterocycles. The summed E-state index contributed by atoms with van der Waals surface area (Å²) in [6.45, 7) is 8.03. The molecular formula is C27H33N5O2. The molecule has 0 unspecified atom stereocenters. The first-order valence-corrected chi connectivity index (χ1v) is 12.6. The number of amides is 1. The van der Waals surface area contributed by atoms with Crippen molar-refractivity contribution in [3.63, 3.8) is 0 Å². The number of aromatic nitrogens is 1. The Kier molecular flexibility index (Phi) is 5.63. The number of anilines is 1. The topological polar surface area (TPSA) is 71.7 Å². The molecule has 0 bridgehead atoms. The number of carbonyl (C=O) groups is 1. The number of hydrogen-bond acceptors (Lipinski definition) is 5. The molecule has 0 radical (unpaired) electrons. The molecule has 7 heteroatoms. The lowest BCUT2D eigenvalue weighted by Gasteiger charge is -2.38. The predicted molar refractivity (Wildman–Crippen MR) is 137 cm³/mol. The highest BCUT2D eigenvalue weighted by molar-refractivity contribution is 6.14. The summed E-state index contributed by atoms with van der Waals surface area (Å²) < 4.78 is 0. The predicted octanol–water partition coefficient (Wildman–Crippen LogP) is 2.48. The van der Waals surface area contributed by atoms with E-state index in [-0.39, 0.29) is 11.5 Å². The molecule has 1 amide bonds. The normalized spacial score (nSPS) is 20.0. The first-order chi connectivity index (χ1) is 16.5. The molecule has 1 aliphatic carbocycles. The van der Waals surface area contributed by atoms with Crippen LogP contribution in [0, 0.1) is 5.92 Å². The number of hydrogen-bond donors (Lipinski definition) is 2. The fraction of sp³-hybridized carbons (Fsp3) is 0.481. The average molecular weight is 460 g/mol. The second kappa shape index (κ2) is 8.80. The highest BCUT2D eigenvalue weighted by atomic mass is 16.2. The number of H-pyrrole nitrogens is 1. The molecule has 6 rings (SSSR count). The summed E-state index contributed by atoms with van der Waals surface area (Å²) in [6.07, 6.45) is 3.35. The van der Waals surface area contributed by atoms with Crippen LogP contribution in [0.1, 0.15) is 24.0 Å². The quantitative estimate of drug-likeness (QED) is 0.449. The minimum absolute atomic E-state index is 0.0380. The SMILES string of the molecule is CN1CCC(CN2CCN(CC(=O)Nc3ccc4[nH]c(=O)c5cccc6c5c4c3C6)CC2)CC1. The second-order valence-electron chi connectivity index (χ2n) is 10.4. The maximum absolute atomic E-state index is 13.0. The number of piperazine rings is 1. The van der Waals surface area contributed by atoms with E-state index in [1.807, 2.05) is 24.3 Å². The Bertz CT molecular complexity index is 1300. The van der Waals surface area contributed by atoms with Crippen molar-refractivity contribution >= 4 is 33.3 Å². The number of piperidine rings is 1. The average Bonchev–Trinajstić information content (AvgIpc) is 3.23. The summed E-state index contributed by atoms with van der Waals surface area (Å²) in [5.74, 6) is 0.855. The van der Waals surface area contributed by atoms with Crippen LogP contribution in [-0.4, -0.2) is 85.0 Å². The van der Waals surface area contributed by atoms with Gasteiger partial charge >= 0.3 is 0 Å². The van der Waals surface area contributed by atoms with Gasteiger partial charge in [-0.05, 0) is 68.2 Å². The largest absolute Gasteiger partial charge is 0.325 e. The summed E-state index contributed by atoms with van der Waals surface area (Å²) >= 11 is 0. The highest BCUT2D eigenvalue weighted by Crippen LogP contribution is 2.39. The molecule has 2 saturated heterocycles. The van der Waals surface area contributed by atoms with E-state index in [9.17, 15) is 9.59 Å². The zero-order valence-corrected chi connectivity index (χ0v) is 19.9. The van der Waals surface area contributed by atoms with E-state index >= 15 is 0 Å². The molecule has 2 N–H and O–H groups in total. The van der Waals surface area contributed by atoms with Crippen molar-refractivity contribution in [3.05, 3.63) is 51.8 Å². The monoisotopic (exact) mass is 459 g/mol. The van der Waals surface area contributed by atoms with Crippen molar-refractivity contribution in [2.45, 2.75) is 19.3 Å². The molecule has 3 aromatic rings. The van der Waals surface area contributed by atoms with E-state index in [1.54, 1.807) is 0 Å². The van der Waals surface area contributed by atoms with Gasteiger partial charge in [-0.2, -0.15) is 0 Å². The zero-order chi connectivity index (χ0) is 23.2. The molecule has 2 aliphatic heterocycles. The molecule has 0 atom stereocenters. The molecular weight excluding hydrogens is 426 g/mol. The molecule has 0 saturated carbocycles. The Labute approximate surface area is 199 Å². The molecule has 2 aromatic carbocycles. The van der Waals surface area contributed by atoms with Crippen LogP contribution in [0.4, 0.5) is 5.69 Å². The first kappa shape index (κ1) is 21.8. The maximum Gasteiger partial charge on any atom is 0.256 e.